The fourth-order valence-corrected chi connectivity index (χ4v) is 4.70. The zero-order valence-electron chi connectivity index (χ0n) is 18.4. The van der Waals surface area contributed by atoms with Gasteiger partial charge in [0, 0.05) is 36.0 Å². The summed E-state index contributed by atoms with van der Waals surface area (Å²) in [5.74, 6) is -0.640. The fraction of sp³-hybridized carbons (Fsp3) is 0.261. The molecule has 1 aliphatic heterocycles. The summed E-state index contributed by atoms with van der Waals surface area (Å²) in [6.45, 7) is 4.28. The second-order valence-electron chi connectivity index (χ2n) is 7.45. The van der Waals surface area contributed by atoms with Crippen LogP contribution in [0.4, 0.5) is 15.8 Å². The Hall–Kier alpha value is -3.57. The Kier molecular flexibility index (Phi) is 7.03. The van der Waals surface area contributed by atoms with Crippen molar-refractivity contribution in [1.82, 2.24) is 9.97 Å². The van der Waals surface area contributed by atoms with E-state index in [9.17, 15) is 17.6 Å². The Labute approximate surface area is 196 Å². The number of hydrogen-bond acceptors (Lipinski definition) is 8. The number of morpholine rings is 1. The molecule has 3 heterocycles. The topological polar surface area (TPSA) is 111 Å². The van der Waals surface area contributed by atoms with Crippen molar-refractivity contribution in [2.75, 3.05) is 42.5 Å². The van der Waals surface area contributed by atoms with Gasteiger partial charge in [-0.05, 0) is 25.1 Å². The first-order valence-corrected chi connectivity index (χ1v) is 12.1. The summed E-state index contributed by atoms with van der Waals surface area (Å²) < 4.78 is 54.4. The van der Waals surface area contributed by atoms with Crippen LogP contribution < -0.4 is 14.4 Å². The lowest BCUT2D eigenvalue weighted by Crippen LogP contribution is -2.36. The van der Waals surface area contributed by atoms with Gasteiger partial charge in [-0.15, -0.1) is 0 Å². The highest BCUT2D eigenvalue weighted by Gasteiger charge is 2.24. The van der Waals surface area contributed by atoms with Crippen LogP contribution in [0, 0.1) is 5.82 Å². The van der Waals surface area contributed by atoms with Gasteiger partial charge in [0.05, 0.1) is 43.6 Å². The normalized spacial score (nSPS) is 14.0. The summed E-state index contributed by atoms with van der Waals surface area (Å²) in [4.78, 5) is 21.0. The SMILES string of the molecule is CCOc1ncc(N2CCOCC2)cc1S(=O)(=O)Nc1cncc(-c2ccc(C=O)cc2F)c1. The van der Waals surface area contributed by atoms with Crippen molar-refractivity contribution >= 4 is 27.7 Å². The number of pyridine rings is 2. The largest absolute Gasteiger partial charge is 0.477 e. The van der Waals surface area contributed by atoms with E-state index in [2.05, 4.69) is 14.7 Å². The third-order valence-electron chi connectivity index (χ3n) is 5.18. The second kappa shape index (κ2) is 10.1. The minimum atomic E-state index is -4.12. The highest BCUT2D eigenvalue weighted by atomic mass is 32.2. The molecule has 1 aromatic carbocycles. The number of rotatable bonds is 8. The van der Waals surface area contributed by atoms with Crippen LogP contribution in [0.25, 0.3) is 11.1 Å². The van der Waals surface area contributed by atoms with Crippen LogP contribution in [-0.4, -0.2) is 57.6 Å². The summed E-state index contributed by atoms with van der Waals surface area (Å²) in [7, 11) is -4.12. The lowest BCUT2D eigenvalue weighted by molar-refractivity contribution is 0.112. The maximum absolute atomic E-state index is 14.5. The number of aromatic nitrogens is 2. The summed E-state index contributed by atoms with van der Waals surface area (Å²) >= 11 is 0. The molecule has 0 amide bonds. The van der Waals surface area contributed by atoms with Crippen molar-refractivity contribution in [2.24, 2.45) is 0 Å². The molecule has 3 aromatic rings. The van der Waals surface area contributed by atoms with Crippen LogP contribution in [0.3, 0.4) is 0 Å². The summed E-state index contributed by atoms with van der Waals surface area (Å²) in [6.07, 6.45) is 4.84. The van der Waals surface area contributed by atoms with Crippen LogP contribution in [0.15, 0.2) is 53.8 Å². The van der Waals surface area contributed by atoms with Gasteiger partial charge in [0.1, 0.15) is 12.1 Å². The second-order valence-corrected chi connectivity index (χ2v) is 9.10. The average molecular weight is 487 g/mol. The number of carbonyl (C=O) groups excluding carboxylic acids is 1. The van der Waals surface area contributed by atoms with Gasteiger partial charge in [-0.1, -0.05) is 12.1 Å². The van der Waals surface area contributed by atoms with E-state index >= 15 is 0 Å². The molecule has 0 atom stereocenters. The number of anilines is 2. The van der Waals surface area contributed by atoms with Gasteiger partial charge in [-0.3, -0.25) is 14.5 Å². The standard InChI is InChI=1S/C23H23FN4O5S/c1-2-33-23-22(11-19(14-26-23)28-5-7-32-8-6-28)34(30,31)27-18-10-17(12-25-13-18)20-4-3-16(15-29)9-21(20)24/h3-4,9-15,27H,2,5-8H2,1H3. The monoisotopic (exact) mass is 486 g/mol. The molecule has 0 saturated carbocycles. The predicted molar refractivity (Wildman–Crippen MR) is 124 cm³/mol. The fourth-order valence-electron chi connectivity index (χ4n) is 3.55. The van der Waals surface area contributed by atoms with Gasteiger partial charge in [0.25, 0.3) is 10.0 Å². The van der Waals surface area contributed by atoms with E-state index in [-0.39, 0.29) is 34.2 Å². The Morgan fingerprint density at radius 2 is 1.97 bits per heavy atom. The lowest BCUT2D eigenvalue weighted by atomic mass is 10.0. The molecule has 4 rings (SSSR count). The predicted octanol–water partition coefficient (Wildman–Crippen LogP) is 3.13. The van der Waals surface area contributed by atoms with Crippen molar-refractivity contribution in [3.8, 4) is 17.0 Å². The quantitative estimate of drug-likeness (QED) is 0.484. The third-order valence-corrected chi connectivity index (χ3v) is 6.56. The van der Waals surface area contributed by atoms with Crippen LogP contribution in [0.2, 0.25) is 0 Å². The molecule has 0 bridgehead atoms. The summed E-state index contributed by atoms with van der Waals surface area (Å²) in [5, 5.41) is 0. The molecule has 34 heavy (non-hydrogen) atoms. The van der Waals surface area contributed by atoms with Gasteiger partial charge in [0.2, 0.25) is 5.88 Å². The Morgan fingerprint density at radius 1 is 1.18 bits per heavy atom. The molecule has 178 valence electrons. The molecular formula is C23H23FN4O5S. The number of halogens is 1. The molecular weight excluding hydrogens is 463 g/mol. The van der Waals surface area contributed by atoms with Crippen molar-refractivity contribution in [3.05, 3.63) is 60.3 Å². The Morgan fingerprint density at radius 3 is 2.68 bits per heavy atom. The molecule has 1 N–H and O–H groups in total. The first kappa shape index (κ1) is 23.6. The Bertz CT molecular complexity index is 1300. The molecule has 0 radical (unpaired) electrons. The van der Waals surface area contributed by atoms with Gasteiger partial charge >= 0.3 is 0 Å². The van der Waals surface area contributed by atoms with E-state index in [4.69, 9.17) is 9.47 Å². The highest BCUT2D eigenvalue weighted by molar-refractivity contribution is 7.92. The van der Waals surface area contributed by atoms with E-state index in [0.29, 0.717) is 43.8 Å². The smallest absolute Gasteiger partial charge is 0.267 e. The number of ether oxygens (including phenoxy) is 2. The van der Waals surface area contributed by atoms with E-state index in [1.165, 1.54) is 36.7 Å². The van der Waals surface area contributed by atoms with Crippen molar-refractivity contribution < 1.29 is 27.1 Å². The van der Waals surface area contributed by atoms with Gasteiger partial charge in [0.15, 0.2) is 4.90 Å². The van der Waals surface area contributed by atoms with Crippen molar-refractivity contribution in [2.45, 2.75) is 11.8 Å². The first-order valence-electron chi connectivity index (χ1n) is 10.6. The number of benzene rings is 1. The van der Waals surface area contributed by atoms with Crippen LogP contribution in [0.5, 0.6) is 5.88 Å². The number of nitrogens with zero attached hydrogens (tertiary/aromatic N) is 3. The minimum Gasteiger partial charge on any atom is -0.477 e. The van der Waals surface area contributed by atoms with Crippen LogP contribution >= 0.6 is 0 Å². The third kappa shape index (κ3) is 5.15. The highest BCUT2D eigenvalue weighted by Crippen LogP contribution is 2.30. The number of carbonyl (C=O) groups is 1. The minimum absolute atomic E-state index is 0.0216. The van der Waals surface area contributed by atoms with E-state index in [0.717, 1.165) is 6.07 Å². The number of aldehydes is 1. The molecule has 0 aliphatic carbocycles. The van der Waals surface area contributed by atoms with E-state index < -0.39 is 15.8 Å². The summed E-state index contributed by atoms with van der Waals surface area (Å²) in [5.41, 5.74) is 1.50. The zero-order chi connectivity index (χ0) is 24.1. The van der Waals surface area contributed by atoms with Crippen molar-refractivity contribution in [1.29, 1.82) is 0 Å². The van der Waals surface area contributed by atoms with Gasteiger partial charge in [-0.2, -0.15) is 0 Å². The van der Waals surface area contributed by atoms with Crippen LogP contribution in [-0.2, 0) is 14.8 Å². The zero-order valence-corrected chi connectivity index (χ0v) is 19.2. The van der Waals surface area contributed by atoms with E-state index in [1.807, 2.05) is 4.90 Å². The molecule has 1 aliphatic rings. The average Bonchev–Trinajstić information content (AvgIpc) is 2.84. The van der Waals surface area contributed by atoms with Gasteiger partial charge in [-0.25, -0.2) is 17.8 Å². The number of hydrogen-bond donors (Lipinski definition) is 1. The van der Waals surface area contributed by atoms with E-state index in [1.54, 1.807) is 13.1 Å². The lowest BCUT2D eigenvalue weighted by Gasteiger charge is -2.29. The summed E-state index contributed by atoms with van der Waals surface area (Å²) in [6, 6.07) is 7.00. The maximum atomic E-state index is 14.5. The number of nitrogens with one attached hydrogen (secondary N) is 1. The molecule has 1 saturated heterocycles. The Balaban J connectivity index is 1.66. The molecule has 1 fully saturated rings. The van der Waals surface area contributed by atoms with Crippen molar-refractivity contribution in [3.63, 3.8) is 0 Å². The molecule has 11 heteroatoms. The van der Waals surface area contributed by atoms with Gasteiger partial charge < -0.3 is 14.4 Å². The maximum Gasteiger partial charge on any atom is 0.267 e. The first-order chi connectivity index (χ1) is 16.4. The number of sulfonamides is 1. The molecule has 0 unspecified atom stereocenters. The molecule has 9 nitrogen and oxygen atoms in total. The van der Waals surface area contributed by atoms with Crippen LogP contribution in [0.1, 0.15) is 17.3 Å². The molecule has 2 aromatic heterocycles. The molecule has 0 spiro atoms.